The molecule has 0 saturated carbocycles. The van der Waals surface area contributed by atoms with Crippen LogP contribution in [-0.2, 0) is 0 Å². The molecular weight excluding hydrogens is 218 g/mol. The molecule has 1 aliphatic heterocycles. The molecule has 0 aromatic heterocycles. The fourth-order valence-corrected chi connectivity index (χ4v) is 2.62. The van der Waals surface area contributed by atoms with Crippen LogP contribution < -0.4 is 0 Å². The summed E-state index contributed by atoms with van der Waals surface area (Å²) in [4.78, 5) is 4.71. The highest BCUT2D eigenvalue weighted by Gasteiger charge is 2.12. The summed E-state index contributed by atoms with van der Waals surface area (Å²) < 4.78 is 0. The first kappa shape index (κ1) is 9.60. The first-order valence-corrected chi connectivity index (χ1v) is 6.10. The van der Waals surface area contributed by atoms with Crippen LogP contribution in [0.3, 0.4) is 0 Å². The molecule has 1 heterocycles. The van der Waals surface area contributed by atoms with Crippen LogP contribution in [0.25, 0.3) is 32.9 Å². The largest absolute Gasteiger partial charge is 0.248 e. The van der Waals surface area contributed by atoms with E-state index in [1.54, 1.807) is 0 Å². The van der Waals surface area contributed by atoms with E-state index in [1.807, 2.05) is 6.07 Å². The van der Waals surface area contributed by atoms with E-state index in [2.05, 4.69) is 60.7 Å². The minimum absolute atomic E-state index is 1.07. The number of hydrogen-bond acceptors (Lipinski definition) is 1. The van der Waals surface area contributed by atoms with Crippen molar-refractivity contribution >= 4 is 21.7 Å². The lowest BCUT2D eigenvalue weighted by atomic mass is 10.0. The second kappa shape index (κ2) is 3.54. The number of hydrogen-bond donors (Lipinski definition) is 0. The molecule has 2 aliphatic rings. The van der Waals surface area contributed by atoms with Gasteiger partial charge in [0.1, 0.15) is 0 Å². The van der Waals surface area contributed by atoms with Gasteiger partial charge in [-0.15, -0.1) is 0 Å². The minimum atomic E-state index is 1.07. The van der Waals surface area contributed by atoms with E-state index in [9.17, 15) is 0 Å². The van der Waals surface area contributed by atoms with Gasteiger partial charge in [0, 0.05) is 10.9 Å². The van der Waals surface area contributed by atoms with E-state index in [4.69, 9.17) is 4.98 Å². The van der Waals surface area contributed by atoms with E-state index in [-0.39, 0.29) is 0 Å². The Morgan fingerprint density at radius 2 is 1.33 bits per heavy atom. The zero-order valence-corrected chi connectivity index (χ0v) is 9.80. The highest BCUT2D eigenvalue weighted by atomic mass is 14.7. The molecule has 2 aromatic rings. The van der Waals surface area contributed by atoms with E-state index in [0.29, 0.717) is 0 Å². The predicted molar refractivity (Wildman–Crippen MR) is 75.9 cm³/mol. The van der Waals surface area contributed by atoms with Crippen LogP contribution in [0.5, 0.6) is 0 Å². The van der Waals surface area contributed by atoms with Crippen LogP contribution in [0.15, 0.2) is 66.7 Å². The van der Waals surface area contributed by atoms with Gasteiger partial charge in [-0.25, -0.2) is 4.98 Å². The summed E-state index contributed by atoms with van der Waals surface area (Å²) >= 11 is 0. The summed E-state index contributed by atoms with van der Waals surface area (Å²) in [5, 5.41) is 3.76. The van der Waals surface area contributed by atoms with Crippen molar-refractivity contribution in [2.45, 2.75) is 0 Å². The third-order valence-electron chi connectivity index (χ3n) is 3.43. The zero-order valence-electron chi connectivity index (χ0n) is 9.80. The van der Waals surface area contributed by atoms with Crippen molar-refractivity contribution in [3.05, 3.63) is 66.7 Å². The normalized spacial score (nSPS) is 11.3. The molecule has 0 saturated heterocycles. The molecule has 0 N–H and O–H groups in total. The average molecular weight is 229 g/mol. The molecule has 0 spiro atoms. The Labute approximate surface area is 105 Å². The number of benzene rings is 2. The van der Waals surface area contributed by atoms with Crippen molar-refractivity contribution in [3.63, 3.8) is 0 Å². The zero-order chi connectivity index (χ0) is 11.9. The highest BCUT2D eigenvalue weighted by molar-refractivity contribution is 6.09. The van der Waals surface area contributed by atoms with Crippen molar-refractivity contribution in [1.82, 2.24) is 4.98 Å². The van der Waals surface area contributed by atoms with Gasteiger partial charge in [0.05, 0.1) is 11.2 Å². The van der Waals surface area contributed by atoms with Gasteiger partial charge in [-0.1, -0.05) is 54.6 Å². The Kier molecular flexibility index (Phi) is 1.89. The van der Waals surface area contributed by atoms with Crippen LogP contribution in [0.1, 0.15) is 0 Å². The first-order chi connectivity index (χ1) is 8.93. The Hall–Kier alpha value is -2.41. The maximum atomic E-state index is 4.71. The van der Waals surface area contributed by atoms with Gasteiger partial charge in [-0.3, -0.25) is 0 Å². The fourth-order valence-electron chi connectivity index (χ4n) is 2.62. The quantitative estimate of drug-likeness (QED) is 0.433. The Balaban J connectivity index is 2.33. The van der Waals surface area contributed by atoms with Gasteiger partial charge in [0.25, 0.3) is 0 Å². The molecule has 1 heteroatoms. The van der Waals surface area contributed by atoms with Crippen LogP contribution in [0.4, 0.5) is 0 Å². The second-order valence-electron chi connectivity index (χ2n) is 4.50. The van der Waals surface area contributed by atoms with Crippen LogP contribution >= 0.6 is 0 Å². The van der Waals surface area contributed by atoms with Crippen molar-refractivity contribution in [2.24, 2.45) is 0 Å². The molecule has 1 aliphatic carbocycles. The van der Waals surface area contributed by atoms with Gasteiger partial charge in [0.2, 0.25) is 0 Å². The van der Waals surface area contributed by atoms with Gasteiger partial charge >= 0.3 is 0 Å². The third kappa shape index (κ3) is 1.25. The van der Waals surface area contributed by atoms with Crippen LogP contribution in [0, 0.1) is 0 Å². The maximum absolute atomic E-state index is 4.71. The summed E-state index contributed by atoms with van der Waals surface area (Å²) in [6.45, 7) is 0. The van der Waals surface area contributed by atoms with Crippen LogP contribution in [0.2, 0.25) is 0 Å². The molecule has 0 unspecified atom stereocenters. The van der Waals surface area contributed by atoms with Crippen molar-refractivity contribution in [3.8, 4) is 11.3 Å². The van der Waals surface area contributed by atoms with Gasteiger partial charge < -0.3 is 0 Å². The summed E-state index contributed by atoms with van der Waals surface area (Å²) in [5.74, 6) is 0. The number of aromatic nitrogens is 1. The molecule has 2 aromatic carbocycles. The lowest BCUT2D eigenvalue weighted by molar-refractivity contribution is 1.48. The summed E-state index contributed by atoms with van der Waals surface area (Å²) in [7, 11) is 0. The van der Waals surface area contributed by atoms with Gasteiger partial charge in [-0.05, 0) is 22.9 Å². The molecule has 0 radical (unpaired) electrons. The number of rotatable bonds is 0. The Morgan fingerprint density at radius 1 is 0.611 bits per heavy atom. The monoisotopic (exact) mass is 229 g/mol. The summed E-state index contributed by atoms with van der Waals surface area (Å²) in [6, 6.07) is 23.1. The maximum Gasteiger partial charge on any atom is 0.0722 e. The number of nitrogens with zero attached hydrogens (tertiary/aromatic N) is 1. The van der Waals surface area contributed by atoms with Gasteiger partial charge in [-0.2, -0.15) is 0 Å². The van der Waals surface area contributed by atoms with E-state index in [1.165, 1.54) is 21.7 Å². The van der Waals surface area contributed by atoms with E-state index >= 15 is 0 Å². The summed E-state index contributed by atoms with van der Waals surface area (Å²) in [6.07, 6.45) is 0. The Bertz CT molecular complexity index is 833. The van der Waals surface area contributed by atoms with E-state index < -0.39 is 0 Å². The molecule has 0 bridgehead atoms. The van der Waals surface area contributed by atoms with E-state index in [0.717, 1.165) is 11.2 Å². The lowest BCUT2D eigenvalue weighted by Gasteiger charge is -1.98. The van der Waals surface area contributed by atoms with Crippen LogP contribution in [-0.4, -0.2) is 4.98 Å². The Morgan fingerprint density at radius 3 is 2.28 bits per heavy atom. The average Bonchev–Trinajstić information content (AvgIpc) is 2.68. The number of para-hydroxylation sites is 1. The molecule has 18 heavy (non-hydrogen) atoms. The smallest absolute Gasteiger partial charge is 0.0722 e. The predicted octanol–water partition coefficient (Wildman–Crippen LogP) is 4.49. The molecule has 0 atom stereocenters. The van der Waals surface area contributed by atoms with Crippen molar-refractivity contribution < 1.29 is 0 Å². The number of fused-ring (bicyclic) bond motifs is 5. The molecule has 0 amide bonds. The topological polar surface area (TPSA) is 12.9 Å². The standard InChI is InChI=1S/C17H11N/c1-2-8-13-12(6-1)7-5-11-16-17(13)14-9-3-4-10-15(14)18-16/h1-11H. The molecule has 1 nitrogen and oxygen atoms in total. The van der Waals surface area contributed by atoms with Gasteiger partial charge in [0.15, 0.2) is 0 Å². The fraction of sp³-hybridized carbons (Fsp3) is 0. The lowest BCUT2D eigenvalue weighted by Crippen LogP contribution is -1.73. The molecule has 84 valence electrons. The minimum Gasteiger partial charge on any atom is -0.248 e. The second-order valence-corrected chi connectivity index (χ2v) is 4.50. The van der Waals surface area contributed by atoms with Crippen molar-refractivity contribution in [1.29, 1.82) is 0 Å². The summed E-state index contributed by atoms with van der Waals surface area (Å²) in [5.41, 5.74) is 3.40. The van der Waals surface area contributed by atoms with Crippen molar-refractivity contribution in [2.75, 3.05) is 0 Å². The third-order valence-corrected chi connectivity index (χ3v) is 3.43. The molecule has 4 rings (SSSR count). The molecular formula is C17H11N. The molecule has 0 fully saturated rings. The SMILES string of the molecule is c1ccc2c3c4ccccc4nc-3cccc2c1. The first-order valence-electron chi connectivity index (χ1n) is 6.10. The highest BCUT2D eigenvalue weighted by Crippen LogP contribution is 2.35.